The fourth-order valence-electron chi connectivity index (χ4n) is 4.87. The molecule has 0 bridgehead atoms. The lowest BCUT2D eigenvalue weighted by Crippen LogP contribution is -2.42. The lowest BCUT2D eigenvalue weighted by molar-refractivity contribution is -0.174. The maximum atomic E-state index is 13.5. The minimum absolute atomic E-state index is 0.0365. The number of hydrogen-bond acceptors (Lipinski definition) is 9. The molecule has 0 radical (unpaired) electrons. The molecule has 222 valence electrons. The third kappa shape index (κ3) is 7.90. The van der Waals surface area contributed by atoms with E-state index in [2.05, 4.69) is 0 Å². The molecule has 1 aliphatic rings. The minimum atomic E-state index is -0.721. The second-order valence-corrected chi connectivity index (χ2v) is 9.48. The van der Waals surface area contributed by atoms with Crippen LogP contribution in [0.5, 0.6) is 0 Å². The van der Waals surface area contributed by atoms with Gasteiger partial charge in [-0.25, -0.2) is 0 Å². The summed E-state index contributed by atoms with van der Waals surface area (Å²) in [6.07, 6.45) is 2.93. The van der Waals surface area contributed by atoms with Crippen molar-refractivity contribution < 1.29 is 43.1 Å². The topological polar surface area (TPSA) is 118 Å². The zero-order valence-electron chi connectivity index (χ0n) is 24.0. The molecule has 0 saturated carbocycles. The number of amides is 1. The molecule has 2 heterocycles. The molecule has 0 spiro atoms. The Kier molecular flexibility index (Phi) is 12.6. The maximum absolute atomic E-state index is 13.5. The number of allylic oxidation sites excluding steroid dienone is 1. The summed E-state index contributed by atoms with van der Waals surface area (Å²) in [7, 11) is 4.68. The summed E-state index contributed by atoms with van der Waals surface area (Å²) >= 11 is 0. The number of carbonyl (C=O) groups is 2. The molecule has 1 N–H and O–H groups in total. The Hall–Kier alpha value is -2.80. The number of benzene rings is 1. The molecule has 11 heteroatoms. The Morgan fingerprint density at radius 2 is 1.80 bits per heavy atom. The van der Waals surface area contributed by atoms with Gasteiger partial charge in [-0.2, -0.15) is 0 Å². The van der Waals surface area contributed by atoms with E-state index in [1.165, 1.54) is 26.0 Å². The van der Waals surface area contributed by atoms with Crippen molar-refractivity contribution in [1.82, 2.24) is 9.47 Å². The third-order valence-electron chi connectivity index (χ3n) is 6.87. The quantitative estimate of drug-likeness (QED) is 0.243. The number of methoxy groups -OCH3 is 2. The predicted molar refractivity (Wildman–Crippen MR) is 148 cm³/mol. The summed E-state index contributed by atoms with van der Waals surface area (Å²) in [6, 6.07) is 7.71. The van der Waals surface area contributed by atoms with Gasteiger partial charge in [0.15, 0.2) is 12.0 Å². The van der Waals surface area contributed by atoms with Crippen molar-refractivity contribution in [2.75, 3.05) is 67.5 Å². The zero-order chi connectivity index (χ0) is 29.1. The number of para-hydroxylation sites is 1. The fraction of sp³-hybridized carbons (Fsp3) is 0.586. The molecule has 2 aromatic rings. The highest BCUT2D eigenvalue weighted by molar-refractivity contribution is 5.95. The summed E-state index contributed by atoms with van der Waals surface area (Å²) in [5, 5.41) is 9.78. The number of aromatic nitrogens is 1. The van der Waals surface area contributed by atoms with Crippen LogP contribution in [-0.4, -0.2) is 106 Å². The lowest BCUT2D eigenvalue weighted by Gasteiger charge is -2.37. The van der Waals surface area contributed by atoms with Crippen LogP contribution in [0.2, 0.25) is 0 Å². The number of aliphatic hydroxyl groups is 1. The number of likely N-dealkylation sites (N-methyl/N-ethyl adjacent to an activating group) is 1. The summed E-state index contributed by atoms with van der Waals surface area (Å²) in [6.45, 7) is 5.37. The normalized spacial score (nSPS) is 19.1. The average Bonchev–Trinajstić information content (AvgIpc) is 3.35. The van der Waals surface area contributed by atoms with Crippen LogP contribution in [0.3, 0.4) is 0 Å². The van der Waals surface area contributed by atoms with Crippen LogP contribution in [0.1, 0.15) is 36.5 Å². The van der Waals surface area contributed by atoms with E-state index in [1.54, 1.807) is 11.6 Å². The van der Waals surface area contributed by atoms with Gasteiger partial charge in [0.25, 0.3) is 5.91 Å². The molecular weight excluding hydrogens is 520 g/mol. The Balaban J connectivity index is 1.98. The van der Waals surface area contributed by atoms with Gasteiger partial charge < -0.3 is 38.4 Å². The van der Waals surface area contributed by atoms with E-state index >= 15 is 0 Å². The van der Waals surface area contributed by atoms with Crippen LogP contribution < -0.4 is 0 Å². The van der Waals surface area contributed by atoms with Gasteiger partial charge in [-0.15, -0.1) is 0 Å². The molecule has 0 aliphatic carbocycles. The summed E-state index contributed by atoms with van der Waals surface area (Å²) in [5.41, 5.74) is 1.69. The summed E-state index contributed by atoms with van der Waals surface area (Å²) in [4.78, 5) is 27.5. The molecule has 1 amide bonds. The Labute approximate surface area is 235 Å². The number of fused-ring (bicyclic) bond motifs is 1. The highest BCUT2D eigenvalue weighted by Gasteiger charge is 2.40. The van der Waals surface area contributed by atoms with E-state index in [1.807, 2.05) is 43.5 Å². The van der Waals surface area contributed by atoms with Crippen LogP contribution in [0.25, 0.3) is 10.9 Å². The Bertz CT molecular complexity index is 1130. The molecular formula is C29H42N2O9. The number of hydrogen-bond donors (Lipinski definition) is 1. The monoisotopic (exact) mass is 562 g/mol. The molecule has 1 aromatic carbocycles. The number of rotatable bonds is 16. The highest BCUT2D eigenvalue weighted by atomic mass is 16.7. The highest BCUT2D eigenvalue weighted by Crippen LogP contribution is 2.42. The molecule has 0 fully saturated rings. The van der Waals surface area contributed by atoms with Gasteiger partial charge in [0.2, 0.25) is 12.2 Å². The largest absolute Gasteiger partial charge is 0.459 e. The predicted octanol–water partition coefficient (Wildman–Crippen LogP) is 2.77. The minimum Gasteiger partial charge on any atom is -0.459 e. The van der Waals surface area contributed by atoms with E-state index in [0.29, 0.717) is 32.8 Å². The van der Waals surface area contributed by atoms with E-state index in [4.69, 9.17) is 33.5 Å². The van der Waals surface area contributed by atoms with Gasteiger partial charge in [-0.05, 0) is 31.1 Å². The van der Waals surface area contributed by atoms with E-state index < -0.39 is 12.6 Å². The van der Waals surface area contributed by atoms with Crippen LogP contribution in [0.15, 0.2) is 42.3 Å². The first-order valence-electron chi connectivity index (χ1n) is 13.5. The van der Waals surface area contributed by atoms with Crippen LogP contribution >= 0.6 is 0 Å². The van der Waals surface area contributed by atoms with Crippen molar-refractivity contribution in [2.24, 2.45) is 5.92 Å². The Morgan fingerprint density at radius 3 is 2.45 bits per heavy atom. The number of ether oxygens (including phenoxy) is 6. The summed E-state index contributed by atoms with van der Waals surface area (Å²) < 4.78 is 35.5. The van der Waals surface area contributed by atoms with Crippen molar-refractivity contribution in [3.8, 4) is 0 Å². The van der Waals surface area contributed by atoms with E-state index in [-0.39, 0.29) is 49.2 Å². The van der Waals surface area contributed by atoms with Gasteiger partial charge in [0.05, 0.1) is 38.5 Å². The lowest BCUT2D eigenvalue weighted by atomic mass is 9.81. The number of carbonyl (C=O) groups excluding carboxylic acids is 2. The SMILES string of the molecule is CCO[C@@H]1OC(C(=O)N(C)CC(OC)OC)=C[C@H](c2cn(C(C)=O)c3ccccc23)[C@H]1CCOCCOCCO. The molecule has 11 nitrogen and oxygen atoms in total. The van der Waals surface area contributed by atoms with Crippen molar-refractivity contribution in [2.45, 2.75) is 38.8 Å². The second kappa shape index (κ2) is 15.8. The van der Waals surface area contributed by atoms with Crippen LogP contribution in [0.4, 0.5) is 0 Å². The number of nitrogens with zero attached hydrogens (tertiary/aromatic N) is 2. The van der Waals surface area contributed by atoms with Crippen molar-refractivity contribution in [3.05, 3.63) is 47.9 Å². The van der Waals surface area contributed by atoms with E-state index in [0.717, 1.165) is 16.5 Å². The van der Waals surface area contributed by atoms with Crippen molar-refractivity contribution in [1.29, 1.82) is 0 Å². The maximum Gasteiger partial charge on any atom is 0.288 e. The smallest absolute Gasteiger partial charge is 0.288 e. The van der Waals surface area contributed by atoms with Gasteiger partial charge in [-0.1, -0.05) is 18.2 Å². The van der Waals surface area contributed by atoms with Crippen molar-refractivity contribution in [3.63, 3.8) is 0 Å². The average molecular weight is 563 g/mol. The molecule has 0 saturated heterocycles. The molecule has 3 rings (SSSR count). The zero-order valence-corrected chi connectivity index (χ0v) is 24.0. The van der Waals surface area contributed by atoms with Crippen LogP contribution in [0, 0.1) is 5.92 Å². The van der Waals surface area contributed by atoms with Gasteiger partial charge >= 0.3 is 0 Å². The van der Waals surface area contributed by atoms with E-state index in [9.17, 15) is 9.59 Å². The molecule has 0 unspecified atom stereocenters. The first-order valence-corrected chi connectivity index (χ1v) is 13.5. The van der Waals surface area contributed by atoms with Crippen molar-refractivity contribution >= 4 is 22.7 Å². The fourth-order valence-corrected chi connectivity index (χ4v) is 4.87. The first-order chi connectivity index (χ1) is 19.4. The second-order valence-electron chi connectivity index (χ2n) is 9.48. The molecule has 40 heavy (non-hydrogen) atoms. The molecule has 1 aromatic heterocycles. The molecule has 1 aliphatic heterocycles. The first kappa shape index (κ1) is 31.7. The van der Waals surface area contributed by atoms with Gasteiger partial charge in [0, 0.05) is 64.8 Å². The van der Waals surface area contributed by atoms with Gasteiger partial charge in [-0.3, -0.25) is 14.2 Å². The third-order valence-corrected chi connectivity index (χ3v) is 6.87. The standard InChI is InChI=1S/C29H42N2O9/c1-6-39-29-22(11-13-37-15-16-38-14-12-32)23(17-26(40-29)28(34)30(3)19-27(35-4)36-5)24-18-31(20(2)33)25-10-8-7-9-21(24)25/h7-10,17-18,22-23,27,29,32H,6,11-16,19H2,1-5H3/t22-,23+,29-/m1/s1. The van der Waals surface area contributed by atoms with Crippen LogP contribution in [-0.2, 0) is 33.2 Å². The summed E-state index contributed by atoms with van der Waals surface area (Å²) in [5.74, 6) is -0.801. The Morgan fingerprint density at radius 1 is 1.10 bits per heavy atom. The number of aliphatic hydroxyl groups excluding tert-OH is 1. The molecule has 3 atom stereocenters. The van der Waals surface area contributed by atoms with Gasteiger partial charge in [0.1, 0.15) is 0 Å².